The van der Waals surface area contributed by atoms with Gasteiger partial charge in [-0.1, -0.05) is 18.2 Å². The summed E-state index contributed by atoms with van der Waals surface area (Å²) in [5.74, 6) is 0.420. The number of methoxy groups -OCH3 is 2. The van der Waals surface area contributed by atoms with Crippen molar-refractivity contribution in [3.05, 3.63) is 48.0 Å². The molecule has 7 nitrogen and oxygen atoms in total. The van der Waals surface area contributed by atoms with E-state index in [9.17, 15) is 9.59 Å². The smallest absolute Gasteiger partial charge is 0.255 e. The minimum absolute atomic E-state index is 0.152. The molecule has 0 atom stereocenters. The van der Waals surface area contributed by atoms with Crippen LogP contribution in [-0.4, -0.2) is 39.6 Å². The van der Waals surface area contributed by atoms with E-state index in [0.29, 0.717) is 41.4 Å². The third-order valence-corrected chi connectivity index (χ3v) is 3.68. The molecule has 3 N–H and O–H groups in total. The second kappa shape index (κ2) is 9.43. The van der Waals surface area contributed by atoms with Crippen LogP contribution in [0.25, 0.3) is 0 Å². The summed E-state index contributed by atoms with van der Waals surface area (Å²) in [4.78, 5) is 24.3. The van der Waals surface area contributed by atoms with E-state index in [-0.39, 0.29) is 11.8 Å². The number of hydrogen-bond acceptors (Lipinski definition) is 5. The lowest BCUT2D eigenvalue weighted by Gasteiger charge is -2.16. The van der Waals surface area contributed by atoms with Crippen molar-refractivity contribution in [1.82, 2.24) is 5.32 Å². The lowest BCUT2D eigenvalue weighted by molar-refractivity contribution is -0.116. The van der Waals surface area contributed by atoms with Gasteiger partial charge >= 0.3 is 0 Å². The van der Waals surface area contributed by atoms with Crippen molar-refractivity contribution in [3.8, 4) is 11.5 Å². The van der Waals surface area contributed by atoms with Crippen molar-refractivity contribution in [2.75, 3.05) is 38.4 Å². The second-order valence-electron chi connectivity index (χ2n) is 5.47. The largest absolute Gasteiger partial charge is 0.494 e. The average Bonchev–Trinajstić information content (AvgIpc) is 2.67. The molecule has 0 fully saturated rings. The lowest BCUT2D eigenvalue weighted by Crippen LogP contribution is -2.19. The highest BCUT2D eigenvalue weighted by Gasteiger charge is 2.16. The highest BCUT2D eigenvalue weighted by Crippen LogP contribution is 2.36. The maximum atomic E-state index is 12.4. The van der Waals surface area contributed by atoms with Crippen LogP contribution >= 0.6 is 0 Å². The number of benzene rings is 2. The zero-order valence-electron chi connectivity index (χ0n) is 15.1. The molecule has 0 aliphatic rings. The lowest BCUT2D eigenvalue weighted by atomic mass is 10.2. The Morgan fingerprint density at radius 3 is 2.04 bits per heavy atom. The minimum atomic E-state index is -0.267. The van der Waals surface area contributed by atoms with Crippen molar-refractivity contribution < 1.29 is 19.1 Å². The molecule has 0 unspecified atom stereocenters. The number of anilines is 2. The van der Waals surface area contributed by atoms with Crippen LogP contribution < -0.4 is 25.4 Å². The molecule has 0 saturated heterocycles. The number of rotatable bonds is 8. The van der Waals surface area contributed by atoms with Crippen LogP contribution in [0.4, 0.5) is 11.4 Å². The van der Waals surface area contributed by atoms with E-state index >= 15 is 0 Å². The Bertz CT molecular complexity index is 763. The number of hydrogen-bond donors (Lipinski definition) is 3. The van der Waals surface area contributed by atoms with Gasteiger partial charge in [-0.25, -0.2) is 0 Å². The molecule has 0 aromatic heterocycles. The maximum absolute atomic E-state index is 12.4. The first kappa shape index (κ1) is 19.3. The van der Waals surface area contributed by atoms with E-state index in [2.05, 4.69) is 16.0 Å². The summed E-state index contributed by atoms with van der Waals surface area (Å²) in [7, 11) is 4.77. The molecular weight excluding hydrogens is 334 g/mol. The van der Waals surface area contributed by atoms with Gasteiger partial charge in [0.15, 0.2) is 0 Å². The van der Waals surface area contributed by atoms with E-state index in [1.54, 1.807) is 43.4 Å². The van der Waals surface area contributed by atoms with Crippen LogP contribution in [0.5, 0.6) is 11.5 Å². The summed E-state index contributed by atoms with van der Waals surface area (Å²) in [6.45, 7) is 0.566. The van der Waals surface area contributed by atoms with Gasteiger partial charge in [0.1, 0.15) is 11.5 Å². The van der Waals surface area contributed by atoms with Crippen LogP contribution in [0.2, 0.25) is 0 Å². The van der Waals surface area contributed by atoms with Gasteiger partial charge in [0, 0.05) is 30.7 Å². The summed E-state index contributed by atoms with van der Waals surface area (Å²) in [5, 5.41) is 8.50. The van der Waals surface area contributed by atoms with Gasteiger partial charge in [-0.2, -0.15) is 0 Å². The third kappa shape index (κ3) is 4.97. The van der Waals surface area contributed by atoms with Crippen LogP contribution in [0.3, 0.4) is 0 Å². The molecular formula is C19H23N3O4. The predicted octanol–water partition coefficient (Wildman–Crippen LogP) is 2.50. The van der Waals surface area contributed by atoms with Gasteiger partial charge in [0.2, 0.25) is 5.91 Å². The van der Waals surface area contributed by atoms with E-state index < -0.39 is 0 Å². The molecule has 0 heterocycles. The summed E-state index contributed by atoms with van der Waals surface area (Å²) in [5.41, 5.74) is 1.45. The number of carbonyl (C=O) groups is 2. The zero-order valence-corrected chi connectivity index (χ0v) is 15.1. The first-order valence-corrected chi connectivity index (χ1v) is 8.16. The monoisotopic (exact) mass is 357 g/mol. The Hall–Kier alpha value is -3.06. The highest BCUT2D eigenvalue weighted by molar-refractivity contribution is 6.05. The summed E-state index contributed by atoms with van der Waals surface area (Å²) in [6.07, 6.45) is 0.328. The molecule has 2 amide bonds. The number of ether oxygens (including phenoxy) is 2. The topological polar surface area (TPSA) is 88.7 Å². The van der Waals surface area contributed by atoms with E-state index in [4.69, 9.17) is 9.47 Å². The van der Waals surface area contributed by atoms with E-state index in [1.807, 2.05) is 6.07 Å². The Kier molecular flexibility index (Phi) is 6.99. The first-order valence-electron chi connectivity index (χ1n) is 8.16. The molecule has 26 heavy (non-hydrogen) atoms. The minimum Gasteiger partial charge on any atom is -0.494 e. The van der Waals surface area contributed by atoms with Crippen molar-refractivity contribution in [2.24, 2.45) is 0 Å². The van der Waals surface area contributed by atoms with Gasteiger partial charge < -0.3 is 25.4 Å². The number of carbonyl (C=O) groups excluding carboxylic acids is 2. The first-order chi connectivity index (χ1) is 12.6. The number of amides is 2. The molecule has 0 spiro atoms. The molecule has 0 radical (unpaired) electrons. The van der Waals surface area contributed by atoms with Crippen molar-refractivity contribution in [2.45, 2.75) is 6.42 Å². The molecule has 7 heteroatoms. The van der Waals surface area contributed by atoms with E-state index in [1.165, 1.54) is 14.2 Å². The van der Waals surface area contributed by atoms with Crippen LogP contribution in [0.15, 0.2) is 42.5 Å². The molecule has 0 saturated carbocycles. The molecule has 138 valence electrons. The van der Waals surface area contributed by atoms with Gasteiger partial charge in [-0.15, -0.1) is 0 Å². The maximum Gasteiger partial charge on any atom is 0.255 e. The van der Waals surface area contributed by atoms with Crippen molar-refractivity contribution in [3.63, 3.8) is 0 Å². The SMILES string of the molecule is CNCCC(=O)Nc1cc(OC)c(NC(=O)c2ccccc2)cc1OC. The summed E-state index contributed by atoms with van der Waals surface area (Å²) < 4.78 is 10.7. The summed E-state index contributed by atoms with van der Waals surface area (Å²) in [6, 6.07) is 12.1. The van der Waals surface area contributed by atoms with Crippen molar-refractivity contribution >= 4 is 23.2 Å². The fraction of sp³-hybridized carbons (Fsp3) is 0.263. The van der Waals surface area contributed by atoms with E-state index in [0.717, 1.165) is 0 Å². The van der Waals surface area contributed by atoms with Crippen LogP contribution in [0.1, 0.15) is 16.8 Å². The van der Waals surface area contributed by atoms with Crippen LogP contribution in [-0.2, 0) is 4.79 Å². The van der Waals surface area contributed by atoms with Gasteiger partial charge in [0.05, 0.1) is 25.6 Å². The molecule has 2 aromatic rings. The summed E-state index contributed by atoms with van der Waals surface area (Å²) >= 11 is 0. The fourth-order valence-electron chi connectivity index (χ4n) is 2.33. The Morgan fingerprint density at radius 1 is 0.923 bits per heavy atom. The predicted molar refractivity (Wildman–Crippen MR) is 101 cm³/mol. The Balaban J connectivity index is 2.24. The second-order valence-corrected chi connectivity index (χ2v) is 5.47. The normalized spacial score (nSPS) is 10.1. The quantitative estimate of drug-likeness (QED) is 0.675. The standard InChI is InChI=1S/C19H23N3O4/c1-20-10-9-18(23)21-14-11-17(26-3)15(12-16(14)25-2)22-19(24)13-7-5-4-6-8-13/h4-8,11-12,20H,9-10H2,1-3H3,(H,21,23)(H,22,24). The molecule has 2 rings (SSSR count). The van der Waals surface area contributed by atoms with Gasteiger partial charge in [-0.3, -0.25) is 9.59 Å². The highest BCUT2D eigenvalue weighted by atomic mass is 16.5. The Labute approximate surface area is 152 Å². The molecule has 0 aliphatic heterocycles. The number of nitrogens with one attached hydrogen (secondary N) is 3. The van der Waals surface area contributed by atoms with Gasteiger partial charge in [-0.05, 0) is 19.2 Å². The zero-order chi connectivity index (χ0) is 18.9. The van der Waals surface area contributed by atoms with Crippen LogP contribution in [0, 0.1) is 0 Å². The fourth-order valence-corrected chi connectivity index (χ4v) is 2.33. The van der Waals surface area contributed by atoms with Crippen molar-refractivity contribution in [1.29, 1.82) is 0 Å². The van der Waals surface area contributed by atoms with Gasteiger partial charge in [0.25, 0.3) is 5.91 Å². The molecule has 0 aliphatic carbocycles. The Morgan fingerprint density at radius 2 is 1.50 bits per heavy atom. The average molecular weight is 357 g/mol. The molecule has 0 bridgehead atoms. The third-order valence-electron chi connectivity index (χ3n) is 3.68. The molecule has 2 aromatic carbocycles.